The molecule has 2 amide bonds. The van der Waals surface area contributed by atoms with Gasteiger partial charge in [-0.25, -0.2) is 9.97 Å². The molecule has 2 aromatic rings. The van der Waals surface area contributed by atoms with Crippen molar-refractivity contribution in [2.24, 2.45) is 0 Å². The monoisotopic (exact) mass is 302 g/mol. The maximum Gasteiger partial charge on any atom is 0.230 e. The third-order valence-electron chi connectivity index (χ3n) is 3.26. The SMILES string of the molecule is Cc1cccnc1Nc1nc(CN2C(=O)CCC2=O)cs1. The number of imide groups is 1. The van der Waals surface area contributed by atoms with Crippen LogP contribution in [0.2, 0.25) is 0 Å². The van der Waals surface area contributed by atoms with E-state index in [1.165, 1.54) is 16.2 Å². The number of carbonyl (C=O) groups excluding carboxylic acids is 2. The zero-order valence-electron chi connectivity index (χ0n) is 11.5. The van der Waals surface area contributed by atoms with Crippen LogP contribution in [0.15, 0.2) is 23.7 Å². The van der Waals surface area contributed by atoms with E-state index in [0.29, 0.717) is 23.7 Å². The Balaban J connectivity index is 1.71. The van der Waals surface area contributed by atoms with Crippen molar-refractivity contribution in [3.05, 3.63) is 35.0 Å². The predicted molar refractivity (Wildman–Crippen MR) is 79.2 cm³/mol. The number of nitrogens with one attached hydrogen (secondary N) is 1. The average molecular weight is 302 g/mol. The number of hydrogen-bond donors (Lipinski definition) is 1. The maximum atomic E-state index is 11.6. The quantitative estimate of drug-likeness (QED) is 0.877. The van der Waals surface area contributed by atoms with Gasteiger partial charge in [0.1, 0.15) is 5.82 Å². The Morgan fingerprint density at radius 1 is 1.33 bits per heavy atom. The zero-order chi connectivity index (χ0) is 14.8. The molecule has 0 atom stereocenters. The van der Waals surface area contributed by atoms with Crippen molar-refractivity contribution in [1.82, 2.24) is 14.9 Å². The topological polar surface area (TPSA) is 75.2 Å². The fourth-order valence-electron chi connectivity index (χ4n) is 2.12. The molecule has 1 fully saturated rings. The molecule has 0 saturated carbocycles. The molecule has 6 nitrogen and oxygen atoms in total. The van der Waals surface area contributed by atoms with E-state index in [0.717, 1.165) is 11.4 Å². The molecule has 7 heteroatoms. The number of aryl methyl sites for hydroxylation is 1. The van der Waals surface area contributed by atoms with E-state index in [9.17, 15) is 9.59 Å². The van der Waals surface area contributed by atoms with Gasteiger partial charge in [0.05, 0.1) is 12.2 Å². The van der Waals surface area contributed by atoms with Crippen LogP contribution < -0.4 is 5.32 Å². The van der Waals surface area contributed by atoms with E-state index in [2.05, 4.69) is 15.3 Å². The van der Waals surface area contributed by atoms with Crippen LogP contribution in [-0.4, -0.2) is 26.7 Å². The Morgan fingerprint density at radius 3 is 2.81 bits per heavy atom. The molecule has 0 spiro atoms. The molecule has 1 saturated heterocycles. The van der Waals surface area contributed by atoms with Crippen molar-refractivity contribution < 1.29 is 9.59 Å². The highest BCUT2D eigenvalue weighted by molar-refractivity contribution is 7.13. The van der Waals surface area contributed by atoms with Crippen LogP contribution in [0.25, 0.3) is 0 Å². The van der Waals surface area contributed by atoms with Gasteiger partial charge in [-0.15, -0.1) is 11.3 Å². The molecule has 21 heavy (non-hydrogen) atoms. The summed E-state index contributed by atoms with van der Waals surface area (Å²) < 4.78 is 0. The number of anilines is 2. The Kier molecular flexibility index (Phi) is 3.66. The van der Waals surface area contributed by atoms with Gasteiger partial charge < -0.3 is 5.32 Å². The summed E-state index contributed by atoms with van der Waals surface area (Å²) in [5, 5.41) is 5.69. The summed E-state index contributed by atoms with van der Waals surface area (Å²) in [4.78, 5) is 33.1. The summed E-state index contributed by atoms with van der Waals surface area (Å²) in [6.45, 7) is 2.21. The molecule has 0 bridgehead atoms. The van der Waals surface area contributed by atoms with Gasteiger partial charge in [-0.05, 0) is 18.6 Å². The molecule has 0 aromatic carbocycles. The number of thiazole rings is 1. The predicted octanol–water partition coefficient (Wildman–Crippen LogP) is 2.24. The lowest BCUT2D eigenvalue weighted by Crippen LogP contribution is -2.28. The number of pyridine rings is 1. The number of likely N-dealkylation sites (tertiary alicyclic amines) is 1. The van der Waals surface area contributed by atoms with Crippen molar-refractivity contribution >= 4 is 34.1 Å². The van der Waals surface area contributed by atoms with Gasteiger partial charge in [0.15, 0.2) is 5.13 Å². The standard InChI is InChI=1S/C14H14N4O2S/c1-9-3-2-6-15-13(9)17-14-16-10(8-21-14)7-18-11(19)4-5-12(18)20/h2-3,6,8H,4-5,7H2,1H3,(H,15,16,17). The second-order valence-corrected chi connectivity index (χ2v) is 5.67. The van der Waals surface area contributed by atoms with E-state index >= 15 is 0 Å². The van der Waals surface area contributed by atoms with Crippen molar-refractivity contribution in [3.63, 3.8) is 0 Å². The first-order valence-corrected chi connectivity index (χ1v) is 7.47. The van der Waals surface area contributed by atoms with E-state index < -0.39 is 0 Å². The molecule has 2 aromatic heterocycles. The fourth-order valence-corrected chi connectivity index (χ4v) is 2.82. The smallest absolute Gasteiger partial charge is 0.230 e. The molecule has 1 N–H and O–H groups in total. The van der Waals surface area contributed by atoms with E-state index in [1.54, 1.807) is 6.20 Å². The minimum atomic E-state index is -0.122. The van der Waals surface area contributed by atoms with Crippen LogP contribution >= 0.6 is 11.3 Å². The summed E-state index contributed by atoms with van der Waals surface area (Å²) in [5.74, 6) is 0.512. The van der Waals surface area contributed by atoms with Crippen molar-refractivity contribution in [2.75, 3.05) is 5.32 Å². The van der Waals surface area contributed by atoms with Crippen LogP contribution in [0.4, 0.5) is 10.9 Å². The third-order valence-corrected chi connectivity index (χ3v) is 4.07. The van der Waals surface area contributed by atoms with Gasteiger partial charge >= 0.3 is 0 Å². The highest BCUT2D eigenvalue weighted by Gasteiger charge is 2.29. The lowest BCUT2D eigenvalue weighted by atomic mass is 10.3. The molecule has 1 aliphatic rings. The molecular weight excluding hydrogens is 288 g/mol. The minimum absolute atomic E-state index is 0.122. The molecule has 1 aliphatic heterocycles. The average Bonchev–Trinajstić information content (AvgIpc) is 3.03. The Labute approximate surface area is 125 Å². The van der Waals surface area contributed by atoms with Crippen molar-refractivity contribution in [1.29, 1.82) is 0 Å². The number of aromatic nitrogens is 2. The van der Waals surface area contributed by atoms with Gasteiger partial charge in [0.2, 0.25) is 11.8 Å². The first-order valence-electron chi connectivity index (χ1n) is 6.60. The number of amides is 2. The van der Waals surface area contributed by atoms with Gasteiger partial charge in [-0.1, -0.05) is 6.07 Å². The Bertz CT molecular complexity index is 682. The van der Waals surface area contributed by atoms with Crippen LogP contribution in [0.5, 0.6) is 0 Å². The molecule has 0 unspecified atom stereocenters. The number of hydrogen-bond acceptors (Lipinski definition) is 6. The van der Waals surface area contributed by atoms with E-state index in [4.69, 9.17) is 0 Å². The van der Waals surface area contributed by atoms with Crippen molar-refractivity contribution in [2.45, 2.75) is 26.3 Å². The highest BCUT2D eigenvalue weighted by atomic mass is 32.1. The van der Waals surface area contributed by atoms with Crippen LogP contribution in [0.1, 0.15) is 24.1 Å². The largest absolute Gasteiger partial charge is 0.316 e. The second-order valence-electron chi connectivity index (χ2n) is 4.81. The summed E-state index contributed by atoms with van der Waals surface area (Å²) >= 11 is 1.43. The fraction of sp³-hybridized carbons (Fsp3) is 0.286. The van der Waals surface area contributed by atoms with Gasteiger partial charge in [0, 0.05) is 24.4 Å². The van der Waals surface area contributed by atoms with Crippen LogP contribution in [0, 0.1) is 6.92 Å². The Hall–Kier alpha value is -2.28. The highest BCUT2D eigenvalue weighted by Crippen LogP contribution is 2.23. The molecular formula is C14H14N4O2S. The summed E-state index contributed by atoms with van der Waals surface area (Å²) in [6, 6.07) is 3.84. The van der Waals surface area contributed by atoms with Gasteiger partial charge in [-0.3, -0.25) is 14.5 Å². The van der Waals surface area contributed by atoms with Crippen LogP contribution in [0.3, 0.4) is 0 Å². The lowest BCUT2D eigenvalue weighted by Gasteiger charge is -2.11. The maximum absolute atomic E-state index is 11.6. The number of carbonyl (C=O) groups is 2. The van der Waals surface area contributed by atoms with E-state index in [1.807, 2.05) is 24.4 Å². The summed E-state index contributed by atoms with van der Waals surface area (Å²) in [7, 11) is 0. The molecule has 3 heterocycles. The van der Waals surface area contributed by atoms with Crippen LogP contribution in [-0.2, 0) is 16.1 Å². The number of rotatable bonds is 4. The van der Waals surface area contributed by atoms with Crippen molar-refractivity contribution in [3.8, 4) is 0 Å². The van der Waals surface area contributed by atoms with Gasteiger partial charge in [0.25, 0.3) is 0 Å². The Morgan fingerprint density at radius 2 is 2.10 bits per heavy atom. The minimum Gasteiger partial charge on any atom is -0.316 e. The molecule has 3 rings (SSSR count). The van der Waals surface area contributed by atoms with E-state index in [-0.39, 0.29) is 18.4 Å². The first-order chi connectivity index (χ1) is 10.1. The third kappa shape index (κ3) is 2.92. The second kappa shape index (κ2) is 5.61. The summed E-state index contributed by atoms with van der Waals surface area (Å²) in [5.41, 5.74) is 1.74. The van der Waals surface area contributed by atoms with Gasteiger partial charge in [-0.2, -0.15) is 0 Å². The first kappa shape index (κ1) is 13.7. The normalized spacial score (nSPS) is 14.8. The zero-order valence-corrected chi connectivity index (χ0v) is 12.3. The molecule has 0 radical (unpaired) electrons. The molecule has 108 valence electrons. The number of nitrogens with zero attached hydrogens (tertiary/aromatic N) is 3. The lowest BCUT2D eigenvalue weighted by molar-refractivity contribution is -0.139. The molecule has 0 aliphatic carbocycles. The summed E-state index contributed by atoms with van der Waals surface area (Å²) in [6.07, 6.45) is 2.33.